The van der Waals surface area contributed by atoms with Crippen molar-refractivity contribution < 1.29 is 0 Å². The Morgan fingerprint density at radius 1 is 1.23 bits per heavy atom. The van der Waals surface area contributed by atoms with E-state index < -0.39 is 0 Å². The third-order valence-corrected chi connectivity index (χ3v) is 3.86. The van der Waals surface area contributed by atoms with Gasteiger partial charge in [0, 0.05) is 23.7 Å². The van der Waals surface area contributed by atoms with E-state index in [-0.39, 0.29) is 5.54 Å². The van der Waals surface area contributed by atoms with Crippen molar-refractivity contribution in [3.8, 4) is 0 Å². The van der Waals surface area contributed by atoms with Crippen LogP contribution in [-0.2, 0) is 0 Å². The lowest BCUT2D eigenvalue weighted by atomic mass is 9.94. The average Bonchev–Trinajstić information content (AvgIpc) is 2.05. The van der Waals surface area contributed by atoms with Gasteiger partial charge in [-0.3, -0.25) is 4.90 Å². The predicted octanol–water partition coefficient (Wildman–Crippen LogP) is 1.86. The minimum Gasteiger partial charge on any atom is -0.310 e. The smallest absolute Gasteiger partial charge is 0.0303 e. The van der Waals surface area contributed by atoms with E-state index in [0.29, 0.717) is 18.1 Å². The quantitative estimate of drug-likeness (QED) is 0.618. The van der Waals surface area contributed by atoms with Crippen molar-refractivity contribution in [3.05, 3.63) is 0 Å². The Hall–Kier alpha value is -0.0800. The van der Waals surface area contributed by atoms with E-state index in [1.807, 2.05) is 0 Å². The van der Waals surface area contributed by atoms with Crippen LogP contribution in [0.5, 0.6) is 0 Å². The van der Waals surface area contributed by atoms with Gasteiger partial charge in [-0.1, -0.05) is 0 Å². The van der Waals surface area contributed by atoms with Crippen LogP contribution in [0.25, 0.3) is 0 Å². The van der Waals surface area contributed by atoms with Crippen LogP contribution in [0.15, 0.2) is 0 Å². The van der Waals surface area contributed by atoms with Crippen LogP contribution in [0.3, 0.4) is 0 Å². The standard InChI is InChI=1S/C11H24N2/c1-8-7-9(2)13(6)11(4,5)10(3)12-8/h8-10,12H,7H2,1-6H3. The largest absolute Gasteiger partial charge is 0.310 e. The van der Waals surface area contributed by atoms with Crippen LogP contribution in [0.4, 0.5) is 0 Å². The maximum Gasteiger partial charge on any atom is 0.0303 e. The first-order valence-electron chi connectivity index (χ1n) is 5.34. The summed E-state index contributed by atoms with van der Waals surface area (Å²) in [5.74, 6) is 0. The van der Waals surface area contributed by atoms with Gasteiger partial charge in [-0.2, -0.15) is 0 Å². The molecule has 0 bridgehead atoms. The van der Waals surface area contributed by atoms with Gasteiger partial charge < -0.3 is 5.32 Å². The van der Waals surface area contributed by atoms with E-state index in [1.54, 1.807) is 0 Å². The van der Waals surface area contributed by atoms with Gasteiger partial charge in [0.25, 0.3) is 0 Å². The second kappa shape index (κ2) is 3.58. The van der Waals surface area contributed by atoms with Crippen LogP contribution in [0.1, 0.15) is 41.0 Å². The lowest BCUT2D eigenvalue weighted by Crippen LogP contribution is -2.55. The molecule has 3 atom stereocenters. The molecular weight excluding hydrogens is 160 g/mol. The Labute approximate surface area is 82.7 Å². The van der Waals surface area contributed by atoms with E-state index in [9.17, 15) is 0 Å². The summed E-state index contributed by atoms with van der Waals surface area (Å²) >= 11 is 0. The van der Waals surface area contributed by atoms with E-state index >= 15 is 0 Å². The highest BCUT2D eigenvalue weighted by Gasteiger charge is 2.36. The molecule has 0 radical (unpaired) electrons. The average molecular weight is 184 g/mol. The van der Waals surface area contributed by atoms with E-state index in [0.717, 1.165) is 0 Å². The molecule has 1 rings (SSSR count). The molecule has 0 aromatic carbocycles. The fourth-order valence-corrected chi connectivity index (χ4v) is 2.24. The molecule has 2 nitrogen and oxygen atoms in total. The lowest BCUT2D eigenvalue weighted by Gasteiger charge is -2.41. The van der Waals surface area contributed by atoms with Gasteiger partial charge in [-0.05, 0) is 48.1 Å². The Morgan fingerprint density at radius 2 is 1.77 bits per heavy atom. The van der Waals surface area contributed by atoms with E-state index in [1.165, 1.54) is 6.42 Å². The Bertz CT molecular complexity index is 177. The molecular formula is C11H24N2. The maximum atomic E-state index is 3.65. The van der Waals surface area contributed by atoms with Gasteiger partial charge in [-0.25, -0.2) is 0 Å². The zero-order chi connectivity index (χ0) is 10.2. The number of likely N-dealkylation sites (N-methyl/N-ethyl adjacent to an activating group) is 1. The van der Waals surface area contributed by atoms with Crippen molar-refractivity contribution in [2.45, 2.75) is 64.7 Å². The molecule has 13 heavy (non-hydrogen) atoms. The Balaban J connectivity index is 2.84. The zero-order valence-corrected chi connectivity index (χ0v) is 9.89. The minimum atomic E-state index is 0.254. The molecule has 78 valence electrons. The number of nitrogens with one attached hydrogen (secondary N) is 1. The van der Waals surface area contributed by atoms with Gasteiger partial charge in [0.15, 0.2) is 0 Å². The lowest BCUT2D eigenvalue weighted by molar-refractivity contribution is 0.0968. The summed E-state index contributed by atoms with van der Waals surface area (Å²) in [5.41, 5.74) is 0.254. The summed E-state index contributed by atoms with van der Waals surface area (Å²) in [7, 11) is 2.24. The molecule has 1 aliphatic rings. The van der Waals surface area contributed by atoms with E-state index in [2.05, 4.69) is 51.9 Å². The highest BCUT2D eigenvalue weighted by molar-refractivity contribution is 4.96. The molecule has 0 saturated carbocycles. The van der Waals surface area contributed by atoms with Crippen molar-refractivity contribution in [2.24, 2.45) is 0 Å². The van der Waals surface area contributed by atoms with Crippen LogP contribution < -0.4 is 5.32 Å². The van der Waals surface area contributed by atoms with Gasteiger partial charge in [0.1, 0.15) is 0 Å². The number of hydrogen-bond acceptors (Lipinski definition) is 2. The van der Waals surface area contributed by atoms with Gasteiger partial charge in [0.05, 0.1) is 0 Å². The highest BCUT2D eigenvalue weighted by Crippen LogP contribution is 2.25. The summed E-state index contributed by atoms with van der Waals surface area (Å²) in [6, 6.07) is 1.86. The van der Waals surface area contributed by atoms with Crippen molar-refractivity contribution >= 4 is 0 Å². The van der Waals surface area contributed by atoms with Crippen molar-refractivity contribution in [1.82, 2.24) is 10.2 Å². The normalized spacial score (nSPS) is 41.5. The monoisotopic (exact) mass is 184 g/mol. The highest BCUT2D eigenvalue weighted by atomic mass is 15.2. The third-order valence-electron chi connectivity index (χ3n) is 3.86. The number of hydrogen-bond donors (Lipinski definition) is 1. The van der Waals surface area contributed by atoms with Crippen molar-refractivity contribution in [2.75, 3.05) is 7.05 Å². The van der Waals surface area contributed by atoms with Crippen LogP contribution in [0.2, 0.25) is 0 Å². The molecule has 0 aliphatic carbocycles. The zero-order valence-electron chi connectivity index (χ0n) is 9.89. The summed E-state index contributed by atoms with van der Waals surface area (Å²) < 4.78 is 0. The van der Waals surface area contributed by atoms with Crippen LogP contribution in [-0.4, -0.2) is 35.6 Å². The second-order valence-corrected chi connectivity index (χ2v) is 5.14. The molecule has 1 aliphatic heterocycles. The predicted molar refractivity (Wildman–Crippen MR) is 58.0 cm³/mol. The van der Waals surface area contributed by atoms with Gasteiger partial charge >= 0.3 is 0 Å². The van der Waals surface area contributed by atoms with Crippen molar-refractivity contribution in [1.29, 1.82) is 0 Å². The first-order valence-corrected chi connectivity index (χ1v) is 5.34. The molecule has 1 N–H and O–H groups in total. The van der Waals surface area contributed by atoms with E-state index in [4.69, 9.17) is 0 Å². The first kappa shape index (κ1) is 11.0. The molecule has 2 heteroatoms. The molecule has 1 fully saturated rings. The molecule has 1 heterocycles. The summed E-state index contributed by atoms with van der Waals surface area (Å²) in [6.07, 6.45) is 1.24. The van der Waals surface area contributed by atoms with Gasteiger partial charge in [-0.15, -0.1) is 0 Å². The molecule has 0 amide bonds. The SMILES string of the molecule is CC1CC(C)N(C)C(C)(C)C(C)N1. The molecule has 0 aromatic rings. The Morgan fingerprint density at radius 3 is 2.31 bits per heavy atom. The Kier molecular flexibility index (Phi) is 3.03. The van der Waals surface area contributed by atoms with Crippen LogP contribution in [0, 0.1) is 0 Å². The summed E-state index contributed by atoms with van der Waals surface area (Å²) in [6.45, 7) is 11.5. The maximum absolute atomic E-state index is 3.65. The fraction of sp³-hybridized carbons (Fsp3) is 1.00. The number of rotatable bonds is 0. The third kappa shape index (κ3) is 2.05. The van der Waals surface area contributed by atoms with Gasteiger partial charge in [0.2, 0.25) is 0 Å². The fourth-order valence-electron chi connectivity index (χ4n) is 2.24. The second-order valence-electron chi connectivity index (χ2n) is 5.14. The molecule has 3 unspecified atom stereocenters. The minimum absolute atomic E-state index is 0.254. The summed E-state index contributed by atoms with van der Waals surface area (Å²) in [4.78, 5) is 2.49. The molecule has 0 spiro atoms. The topological polar surface area (TPSA) is 15.3 Å². The van der Waals surface area contributed by atoms with Crippen LogP contribution >= 0.6 is 0 Å². The molecule has 0 aromatic heterocycles. The first-order chi connectivity index (χ1) is 5.85. The summed E-state index contributed by atoms with van der Waals surface area (Å²) in [5, 5.41) is 3.65. The molecule has 1 saturated heterocycles. The number of nitrogens with zero attached hydrogens (tertiary/aromatic N) is 1. The van der Waals surface area contributed by atoms with Crippen molar-refractivity contribution in [3.63, 3.8) is 0 Å².